The third kappa shape index (κ3) is 5.42. The van der Waals surface area contributed by atoms with E-state index in [0.717, 1.165) is 5.56 Å². The van der Waals surface area contributed by atoms with Crippen LogP contribution in [0.5, 0.6) is 0 Å². The van der Waals surface area contributed by atoms with Crippen molar-refractivity contribution in [1.82, 2.24) is 0 Å². The Morgan fingerprint density at radius 1 is 0.880 bits per heavy atom. The molecule has 1 aromatic rings. The van der Waals surface area contributed by atoms with Gasteiger partial charge in [-0.2, -0.15) is 0 Å². The predicted octanol–water partition coefficient (Wildman–Crippen LogP) is 5.72. The molecule has 0 spiro atoms. The van der Waals surface area contributed by atoms with Crippen LogP contribution >= 0.6 is 0 Å². The van der Waals surface area contributed by atoms with Gasteiger partial charge in [-0.25, -0.2) is 0 Å². The number of rotatable bonds is 8. The van der Waals surface area contributed by atoms with Gasteiger partial charge >= 0.3 is 5.97 Å². The lowest BCUT2D eigenvalue weighted by molar-refractivity contribution is -0.152. The van der Waals surface area contributed by atoms with E-state index in [4.69, 9.17) is 4.74 Å². The summed E-state index contributed by atoms with van der Waals surface area (Å²) in [5.74, 6) is -0.0459. The standard InChI is InChI=1S/C22H34O3/c1-9-21(23)16(8)22(24)25-12-20-18(14(4)5)10-17(13(2)3)11-19(20)15(6)7/h10-11,13-16H,9,12H2,1-8H3/t16-/m1/s1. The van der Waals surface area contributed by atoms with Gasteiger partial charge in [-0.05, 0) is 46.9 Å². The molecule has 0 unspecified atom stereocenters. The summed E-state index contributed by atoms with van der Waals surface area (Å²) < 4.78 is 5.54. The van der Waals surface area contributed by atoms with E-state index in [1.807, 2.05) is 0 Å². The largest absolute Gasteiger partial charge is 0.460 e. The minimum absolute atomic E-state index is 0.0756. The molecule has 0 fully saturated rings. The van der Waals surface area contributed by atoms with E-state index in [-0.39, 0.29) is 12.4 Å². The molecule has 0 aliphatic rings. The number of hydrogen-bond acceptors (Lipinski definition) is 3. The third-order valence-electron chi connectivity index (χ3n) is 4.80. The van der Waals surface area contributed by atoms with Crippen molar-refractivity contribution in [2.75, 3.05) is 0 Å². The highest BCUT2D eigenvalue weighted by molar-refractivity contribution is 5.98. The Balaban J connectivity index is 3.20. The first-order valence-corrected chi connectivity index (χ1v) is 9.45. The molecule has 1 atom stereocenters. The minimum atomic E-state index is -0.690. The van der Waals surface area contributed by atoms with Crippen molar-refractivity contribution in [3.05, 3.63) is 34.4 Å². The van der Waals surface area contributed by atoms with E-state index >= 15 is 0 Å². The van der Waals surface area contributed by atoms with E-state index < -0.39 is 11.9 Å². The highest BCUT2D eigenvalue weighted by Crippen LogP contribution is 2.32. The van der Waals surface area contributed by atoms with Gasteiger partial charge in [0.1, 0.15) is 18.3 Å². The lowest BCUT2D eigenvalue weighted by atomic mass is 9.85. The van der Waals surface area contributed by atoms with Crippen molar-refractivity contribution in [3.8, 4) is 0 Å². The lowest BCUT2D eigenvalue weighted by Gasteiger charge is -2.23. The van der Waals surface area contributed by atoms with Crippen molar-refractivity contribution in [1.29, 1.82) is 0 Å². The maximum Gasteiger partial charge on any atom is 0.316 e. The summed E-state index contributed by atoms with van der Waals surface area (Å²) in [6.07, 6.45) is 0.355. The Morgan fingerprint density at radius 3 is 1.72 bits per heavy atom. The number of ether oxygens (including phenoxy) is 1. The summed E-state index contributed by atoms with van der Waals surface area (Å²) in [6.45, 7) is 16.7. The fourth-order valence-electron chi connectivity index (χ4n) is 2.98. The van der Waals surface area contributed by atoms with E-state index in [9.17, 15) is 9.59 Å². The molecular formula is C22H34O3. The SMILES string of the molecule is CCC(=O)[C@@H](C)C(=O)OCc1c(C(C)C)cc(C(C)C)cc1C(C)C. The van der Waals surface area contributed by atoms with E-state index in [2.05, 4.69) is 53.7 Å². The van der Waals surface area contributed by atoms with Gasteiger partial charge in [0.2, 0.25) is 0 Å². The molecule has 1 rings (SSSR count). The second-order valence-corrected chi connectivity index (χ2v) is 7.79. The van der Waals surface area contributed by atoms with Crippen molar-refractivity contribution < 1.29 is 14.3 Å². The minimum Gasteiger partial charge on any atom is -0.460 e. The topological polar surface area (TPSA) is 43.4 Å². The average molecular weight is 347 g/mol. The Morgan fingerprint density at radius 2 is 1.36 bits per heavy atom. The van der Waals surface area contributed by atoms with Crippen LogP contribution in [0.4, 0.5) is 0 Å². The molecule has 0 aromatic heterocycles. The van der Waals surface area contributed by atoms with Crippen LogP contribution in [0.3, 0.4) is 0 Å². The van der Waals surface area contributed by atoms with Crippen LogP contribution in [-0.4, -0.2) is 11.8 Å². The molecule has 0 saturated carbocycles. The molecule has 140 valence electrons. The van der Waals surface area contributed by atoms with Gasteiger partial charge in [0.15, 0.2) is 0 Å². The Hall–Kier alpha value is -1.64. The zero-order valence-corrected chi connectivity index (χ0v) is 17.1. The van der Waals surface area contributed by atoms with Crippen LogP contribution in [0.2, 0.25) is 0 Å². The quantitative estimate of drug-likeness (QED) is 0.447. The zero-order chi connectivity index (χ0) is 19.3. The predicted molar refractivity (Wildman–Crippen MR) is 103 cm³/mol. The maximum absolute atomic E-state index is 12.2. The fraction of sp³-hybridized carbons (Fsp3) is 0.636. The average Bonchev–Trinajstić information content (AvgIpc) is 2.56. The third-order valence-corrected chi connectivity index (χ3v) is 4.80. The van der Waals surface area contributed by atoms with Crippen LogP contribution in [0.1, 0.15) is 102 Å². The number of carbonyl (C=O) groups is 2. The molecule has 0 heterocycles. The fourth-order valence-corrected chi connectivity index (χ4v) is 2.98. The number of ketones is 1. The van der Waals surface area contributed by atoms with Crippen LogP contribution in [0.25, 0.3) is 0 Å². The molecule has 0 radical (unpaired) electrons. The van der Waals surface area contributed by atoms with Gasteiger partial charge in [0, 0.05) is 6.42 Å². The summed E-state index contributed by atoms with van der Waals surface area (Å²) in [7, 11) is 0. The number of benzene rings is 1. The first-order valence-electron chi connectivity index (χ1n) is 9.45. The van der Waals surface area contributed by atoms with Crippen molar-refractivity contribution in [2.45, 2.75) is 86.2 Å². The van der Waals surface area contributed by atoms with Crippen molar-refractivity contribution in [2.24, 2.45) is 5.92 Å². The summed E-state index contributed by atoms with van der Waals surface area (Å²) in [5.41, 5.74) is 4.88. The van der Waals surface area contributed by atoms with Crippen LogP contribution in [-0.2, 0) is 20.9 Å². The molecule has 1 aromatic carbocycles. The van der Waals surface area contributed by atoms with E-state index in [1.165, 1.54) is 16.7 Å². The van der Waals surface area contributed by atoms with Crippen LogP contribution in [0.15, 0.2) is 12.1 Å². The van der Waals surface area contributed by atoms with Gasteiger partial charge in [-0.3, -0.25) is 9.59 Å². The van der Waals surface area contributed by atoms with Crippen LogP contribution < -0.4 is 0 Å². The van der Waals surface area contributed by atoms with Crippen LogP contribution in [0, 0.1) is 5.92 Å². The maximum atomic E-state index is 12.2. The zero-order valence-electron chi connectivity index (χ0n) is 17.1. The van der Waals surface area contributed by atoms with Gasteiger partial charge < -0.3 is 4.74 Å². The van der Waals surface area contributed by atoms with E-state index in [1.54, 1.807) is 13.8 Å². The highest BCUT2D eigenvalue weighted by Gasteiger charge is 2.23. The monoisotopic (exact) mass is 346 g/mol. The Bertz CT molecular complexity index is 583. The second kappa shape index (κ2) is 9.17. The molecule has 3 nitrogen and oxygen atoms in total. The molecule has 3 heteroatoms. The molecule has 0 saturated heterocycles. The van der Waals surface area contributed by atoms with Gasteiger partial charge in [0.25, 0.3) is 0 Å². The Kier molecular flexibility index (Phi) is 7.85. The summed E-state index contributed by atoms with van der Waals surface area (Å²) in [4.78, 5) is 23.9. The highest BCUT2D eigenvalue weighted by atomic mass is 16.5. The molecule has 0 N–H and O–H groups in total. The van der Waals surface area contributed by atoms with Gasteiger partial charge in [-0.15, -0.1) is 0 Å². The first kappa shape index (κ1) is 21.4. The molecule has 25 heavy (non-hydrogen) atoms. The van der Waals surface area contributed by atoms with E-state index in [0.29, 0.717) is 24.2 Å². The van der Waals surface area contributed by atoms with Crippen molar-refractivity contribution in [3.63, 3.8) is 0 Å². The summed E-state index contributed by atoms with van der Waals surface area (Å²) in [5, 5.41) is 0. The van der Waals surface area contributed by atoms with Gasteiger partial charge in [0.05, 0.1) is 0 Å². The second-order valence-electron chi connectivity index (χ2n) is 7.79. The smallest absolute Gasteiger partial charge is 0.316 e. The summed E-state index contributed by atoms with van der Waals surface area (Å²) in [6, 6.07) is 4.48. The molecule has 0 aliphatic heterocycles. The molecule has 0 aliphatic carbocycles. The molecular weight excluding hydrogens is 312 g/mol. The first-order chi connectivity index (χ1) is 11.6. The summed E-state index contributed by atoms with van der Waals surface area (Å²) >= 11 is 0. The number of hydrogen-bond donors (Lipinski definition) is 0. The normalized spacial score (nSPS) is 12.8. The Labute approximate surface area is 153 Å². The van der Waals surface area contributed by atoms with Crippen molar-refractivity contribution >= 4 is 11.8 Å². The number of esters is 1. The number of carbonyl (C=O) groups excluding carboxylic acids is 2. The molecule has 0 bridgehead atoms. The lowest BCUT2D eigenvalue weighted by Crippen LogP contribution is -2.23. The molecule has 0 amide bonds. The number of Topliss-reactive ketones (excluding diaryl/α,β-unsaturated/α-hetero) is 1. The van der Waals surface area contributed by atoms with Gasteiger partial charge in [-0.1, -0.05) is 60.6 Å².